The lowest BCUT2D eigenvalue weighted by molar-refractivity contribution is -0.143. The highest BCUT2D eigenvalue weighted by Gasteiger charge is 1.98. The zero-order valence-corrected chi connectivity index (χ0v) is 7.32. The van der Waals surface area contributed by atoms with Gasteiger partial charge in [0.2, 0.25) is 0 Å². The summed E-state index contributed by atoms with van der Waals surface area (Å²) in [7, 11) is 0. The van der Waals surface area contributed by atoms with Crippen molar-refractivity contribution in [1.82, 2.24) is 0 Å². The number of aliphatic imine (C=N–C) groups is 1. The molecule has 0 atom stereocenters. The van der Waals surface area contributed by atoms with Crippen LogP contribution in [-0.4, -0.2) is 24.3 Å². The third-order valence-corrected chi connectivity index (χ3v) is 1.15. The summed E-state index contributed by atoms with van der Waals surface area (Å²) in [6.07, 6.45) is 1.09. The molecule has 4 heteroatoms. The van der Waals surface area contributed by atoms with Crippen LogP contribution in [0, 0.1) is 0 Å². The van der Waals surface area contributed by atoms with Gasteiger partial charge in [-0.3, -0.25) is 4.79 Å². The Labute approximate surface area is 71.5 Å². The molecule has 0 spiro atoms. The first-order valence-electron chi connectivity index (χ1n) is 3.50. The number of carbonyl (C=O) groups excluding carboxylic acids is 1. The molecule has 0 bridgehead atoms. The molecular formula is C7H11NO2S. The first-order chi connectivity index (χ1) is 5.31. The highest BCUT2D eigenvalue weighted by molar-refractivity contribution is 7.78. The summed E-state index contributed by atoms with van der Waals surface area (Å²) in [6.45, 7) is 2.78. The number of hydrogen-bond acceptors (Lipinski definition) is 4. The molecule has 0 N–H and O–H groups in total. The molecule has 0 aliphatic rings. The predicted octanol–water partition coefficient (Wildman–Crippen LogP) is 1.43. The lowest BCUT2D eigenvalue weighted by Crippen LogP contribution is -2.03. The van der Waals surface area contributed by atoms with Gasteiger partial charge in [-0.2, -0.15) is 0 Å². The van der Waals surface area contributed by atoms with E-state index >= 15 is 0 Å². The zero-order valence-electron chi connectivity index (χ0n) is 6.50. The van der Waals surface area contributed by atoms with Crippen LogP contribution in [0.3, 0.4) is 0 Å². The average molecular weight is 173 g/mol. The van der Waals surface area contributed by atoms with E-state index in [0.29, 0.717) is 26.0 Å². The normalized spacial score (nSPS) is 8.45. The Bertz CT molecular complexity index is 164. The fourth-order valence-electron chi connectivity index (χ4n) is 0.581. The lowest BCUT2D eigenvalue weighted by atomic mass is 10.3. The monoisotopic (exact) mass is 173 g/mol. The minimum atomic E-state index is -0.174. The standard InChI is InChI=1S/C7H11NO2S/c1-2-10-7(9)4-3-5-8-6-11/h2-5H2,1H3. The maximum absolute atomic E-state index is 10.7. The second-order valence-corrected chi connectivity index (χ2v) is 2.06. The maximum Gasteiger partial charge on any atom is 0.305 e. The number of nitrogens with zero attached hydrogens (tertiary/aromatic N) is 1. The first-order valence-corrected chi connectivity index (χ1v) is 3.91. The number of carbonyl (C=O) groups is 1. The molecule has 0 aromatic heterocycles. The summed E-state index contributed by atoms with van der Waals surface area (Å²) < 4.78 is 4.70. The van der Waals surface area contributed by atoms with Crippen molar-refractivity contribution in [3.63, 3.8) is 0 Å². The molecule has 0 saturated heterocycles. The molecule has 3 nitrogen and oxygen atoms in total. The Hall–Kier alpha value is -0.730. The zero-order chi connectivity index (χ0) is 8.53. The van der Waals surface area contributed by atoms with E-state index < -0.39 is 0 Å². The fourth-order valence-corrected chi connectivity index (χ4v) is 0.673. The van der Waals surface area contributed by atoms with Gasteiger partial charge >= 0.3 is 5.97 Å². The fraction of sp³-hybridized carbons (Fsp3) is 0.714. The van der Waals surface area contributed by atoms with Crippen molar-refractivity contribution in [2.75, 3.05) is 13.2 Å². The molecule has 0 aromatic rings. The number of thiocarbonyl (C=S) groups is 1. The summed E-state index contributed by atoms with van der Waals surface area (Å²) in [5.74, 6) is -0.174. The van der Waals surface area contributed by atoms with Crippen LogP contribution in [0.25, 0.3) is 0 Å². The van der Waals surface area contributed by atoms with E-state index in [1.54, 1.807) is 6.92 Å². The minimum absolute atomic E-state index is 0.174. The van der Waals surface area contributed by atoms with Crippen LogP contribution in [0.4, 0.5) is 0 Å². The molecule has 11 heavy (non-hydrogen) atoms. The van der Waals surface area contributed by atoms with E-state index in [1.165, 1.54) is 0 Å². The molecule has 0 aliphatic carbocycles. The van der Waals surface area contributed by atoms with E-state index in [-0.39, 0.29) is 5.97 Å². The van der Waals surface area contributed by atoms with Gasteiger partial charge in [0.15, 0.2) is 0 Å². The van der Waals surface area contributed by atoms with E-state index in [1.807, 2.05) is 0 Å². The summed E-state index contributed by atoms with van der Waals surface area (Å²) in [4.78, 5) is 14.4. The van der Waals surface area contributed by atoms with Crippen LogP contribution < -0.4 is 0 Å². The molecule has 62 valence electrons. The topological polar surface area (TPSA) is 38.7 Å². The van der Waals surface area contributed by atoms with Crippen molar-refractivity contribution < 1.29 is 9.53 Å². The van der Waals surface area contributed by atoms with Crippen LogP contribution in [0.5, 0.6) is 0 Å². The van der Waals surface area contributed by atoms with Crippen molar-refractivity contribution in [2.24, 2.45) is 4.99 Å². The number of ether oxygens (including phenoxy) is 1. The summed E-state index contributed by atoms with van der Waals surface area (Å²) in [6, 6.07) is 0. The van der Waals surface area contributed by atoms with Gasteiger partial charge in [0.1, 0.15) is 0 Å². The molecule has 0 saturated carbocycles. The lowest BCUT2D eigenvalue weighted by Gasteiger charge is -1.98. The Morgan fingerprint density at radius 1 is 1.73 bits per heavy atom. The molecule has 0 amide bonds. The molecule has 0 rings (SSSR count). The van der Waals surface area contributed by atoms with Crippen molar-refractivity contribution in [3.8, 4) is 0 Å². The summed E-state index contributed by atoms with van der Waals surface area (Å²) in [5, 5.41) is 2.23. The summed E-state index contributed by atoms with van der Waals surface area (Å²) >= 11 is 4.35. The van der Waals surface area contributed by atoms with Gasteiger partial charge in [0, 0.05) is 13.0 Å². The third kappa shape index (κ3) is 7.16. The number of isothiocyanates is 1. The van der Waals surface area contributed by atoms with Gasteiger partial charge in [-0.1, -0.05) is 0 Å². The largest absolute Gasteiger partial charge is 0.466 e. The van der Waals surface area contributed by atoms with Crippen molar-refractivity contribution in [1.29, 1.82) is 0 Å². The maximum atomic E-state index is 10.7. The Morgan fingerprint density at radius 3 is 3.00 bits per heavy atom. The summed E-state index contributed by atoms with van der Waals surface area (Å²) in [5.41, 5.74) is 0. The Balaban J connectivity index is 3.23. The van der Waals surface area contributed by atoms with Gasteiger partial charge in [0.25, 0.3) is 0 Å². The average Bonchev–Trinajstić information content (AvgIpc) is 1.99. The van der Waals surface area contributed by atoms with Crippen molar-refractivity contribution in [3.05, 3.63) is 0 Å². The van der Waals surface area contributed by atoms with Crippen LogP contribution >= 0.6 is 12.2 Å². The smallest absolute Gasteiger partial charge is 0.305 e. The molecule has 0 fully saturated rings. The first kappa shape index (κ1) is 10.3. The number of hydrogen-bond donors (Lipinski definition) is 0. The van der Waals surface area contributed by atoms with Gasteiger partial charge < -0.3 is 4.74 Å². The highest BCUT2D eigenvalue weighted by Crippen LogP contribution is 1.92. The quantitative estimate of drug-likeness (QED) is 0.273. The minimum Gasteiger partial charge on any atom is -0.466 e. The van der Waals surface area contributed by atoms with Gasteiger partial charge in [-0.25, -0.2) is 4.99 Å². The third-order valence-electron chi connectivity index (χ3n) is 1.02. The molecule has 0 heterocycles. The Morgan fingerprint density at radius 2 is 2.45 bits per heavy atom. The second-order valence-electron chi connectivity index (χ2n) is 1.88. The number of rotatable bonds is 5. The van der Waals surface area contributed by atoms with Crippen LogP contribution in [0.15, 0.2) is 4.99 Å². The SMILES string of the molecule is CCOC(=O)CCCN=C=S. The number of esters is 1. The highest BCUT2D eigenvalue weighted by atomic mass is 32.1. The molecule has 0 unspecified atom stereocenters. The molecule has 0 aliphatic heterocycles. The van der Waals surface area contributed by atoms with Crippen molar-refractivity contribution in [2.45, 2.75) is 19.8 Å². The van der Waals surface area contributed by atoms with E-state index in [9.17, 15) is 4.79 Å². The molecular weight excluding hydrogens is 162 g/mol. The van der Waals surface area contributed by atoms with Crippen molar-refractivity contribution >= 4 is 23.3 Å². The molecule has 0 radical (unpaired) electrons. The van der Waals surface area contributed by atoms with E-state index in [4.69, 9.17) is 4.74 Å². The Kier molecular flexibility index (Phi) is 6.89. The van der Waals surface area contributed by atoms with Gasteiger partial charge in [-0.05, 0) is 25.6 Å². The van der Waals surface area contributed by atoms with Crippen LogP contribution in [0.1, 0.15) is 19.8 Å². The van der Waals surface area contributed by atoms with Crippen LogP contribution in [0.2, 0.25) is 0 Å². The van der Waals surface area contributed by atoms with E-state index in [2.05, 4.69) is 22.4 Å². The van der Waals surface area contributed by atoms with Gasteiger partial charge in [0.05, 0.1) is 11.8 Å². The van der Waals surface area contributed by atoms with Gasteiger partial charge in [-0.15, -0.1) is 0 Å². The predicted molar refractivity (Wildman–Crippen MR) is 45.8 cm³/mol. The second kappa shape index (κ2) is 7.38. The van der Waals surface area contributed by atoms with Crippen LogP contribution in [-0.2, 0) is 9.53 Å². The van der Waals surface area contributed by atoms with E-state index in [0.717, 1.165) is 0 Å². The molecule has 0 aromatic carbocycles.